The van der Waals surface area contributed by atoms with Gasteiger partial charge in [-0.2, -0.15) is 5.10 Å². The van der Waals surface area contributed by atoms with Gasteiger partial charge in [0, 0.05) is 36.1 Å². The summed E-state index contributed by atoms with van der Waals surface area (Å²) in [6.45, 7) is 14.8. The first kappa shape index (κ1) is 24.0. The molecule has 1 saturated heterocycles. The molecule has 0 radical (unpaired) electrons. The molecule has 0 spiro atoms. The first-order chi connectivity index (χ1) is 16.0. The minimum Gasteiger partial charge on any atom is -0.508 e. The number of rotatable bonds is 5. The summed E-state index contributed by atoms with van der Waals surface area (Å²) in [6.07, 6.45) is -0.428. The zero-order valence-electron chi connectivity index (χ0n) is 20.8. The minimum absolute atomic E-state index is 0.221. The number of phenolic OH excluding ortho intramolecular Hbond substituents is 1. The molecule has 1 aliphatic heterocycles. The Morgan fingerprint density at radius 1 is 1.18 bits per heavy atom. The van der Waals surface area contributed by atoms with Crippen molar-refractivity contribution >= 4 is 17.1 Å². The van der Waals surface area contributed by atoms with Crippen molar-refractivity contribution in [2.75, 3.05) is 19.6 Å². The van der Waals surface area contributed by atoms with Crippen molar-refractivity contribution in [1.29, 1.82) is 0 Å². The average molecular weight is 467 g/mol. The third-order valence-corrected chi connectivity index (χ3v) is 6.47. The standard InChI is InChI=1S/C25H34N6O3/c1-7-26-23(33)34-31-15-24(3,4)30(14-25(31,5)6)13-18-12-20(17-8-10-19(32)11-9-17)27-22-21(18)16(2)28-29-22/h8-12,32H,7,13-15H2,1-6H3,(H,26,33)(H,27,28,29). The fourth-order valence-corrected chi connectivity index (χ4v) is 4.51. The number of hydroxylamine groups is 2. The van der Waals surface area contributed by atoms with Gasteiger partial charge in [-0.15, -0.1) is 5.06 Å². The molecule has 34 heavy (non-hydrogen) atoms. The van der Waals surface area contributed by atoms with Gasteiger partial charge < -0.3 is 15.3 Å². The highest BCUT2D eigenvalue weighted by Gasteiger charge is 2.45. The molecule has 0 saturated carbocycles. The second kappa shape index (κ2) is 8.88. The van der Waals surface area contributed by atoms with E-state index in [0.29, 0.717) is 26.2 Å². The number of carbonyl (C=O) groups excluding carboxylic acids is 1. The van der Waals surface area contributed by atoms with Crippen molar-refractivity contribution in [3.05, 3.63) is 41.6 Å². The van der Waals surface area contributed by atoms with Gasteiger partial charge in [0.1, 0.15) is 5.75 Å². The van der Waals surface area contributed by atoms with Crippen LogP contribution in [0.2, 0.25) is 0 Å². The predicted molar refractivity (Wildman–Crippen MR) is 131 cm³/mol. The largest absolute Gasteiger partial charge is 0.508 e. The van der Waals surface area contributed by atoms with Crippen molar-refractivity contribution < 1.29 is 14.7 Å². The Bertz CT molecular complexity index is 1190. The number of hydrogen-bond donors (Lipinski definition) is 3. The number of aromatic amines is 1. The average Bonchev–Trinajstić information content (AvgIpc) is 3.13. The zero-order valence-corrected chi connectivity index (χ0v) is 20.8. The van der Waals surface area contributed by atoms with Crippen molar-refractivity contribution in [2.24, 2.45) is 0 Å². The molecule has 1 amide bonds. The number of aromatic hydroxyl groups is 1. The summed E-state index contributed by atoms with van der Waals surface area (Å²) in [5.74, 6) is 0.221. The Morgan fingerprint density at radius 3 is 2.56 bits per heavy atom. The molecule has 1 fully saturated rings. The molecule has 0 aliphatic carbocycles. The maximum Gasteiger partial charge on any atom is 0.426 e. The summed E-state index contributed by atoms with van der Waals surface area (Å²) in [6, 6.07) is 9.16. The number of benzene rings is 1. The van der Waals surface area contributed by atoms with Crippen LogP contribution in [-0.4, -0.2) is 67.1 Å². The first-order valence-corrected chi connectivity index (χ1v) is 11.6. The Balaban J connectivity index is 1.67. The van der Waals surface area contributed by atoms with Crippen LogP contribution in [0.15, 0.2) is 30.3 Å². The third-order valence-electron chi connectivity index (χ3n) is 6.47. The zero-order chi connectivity index (χ0) is 24.7. The van der Waals surface area contributed by atoms with Crippen LogP contribution in [0, 0.1) is 6.92 Å². The van der Waals surface area contributed by atoms with E-state index in [-0.39, 0.29) is 16.8 Å². The van der Waals surface area contributed by atoms with Crippen LogP contribution in [0.1, 0.15) is 45.9 Å². The Morgan fingerprint density at radius 2 is 1.88 bits per heavy atom. The van der Waals surface area contributed by atoms with Gasteiger partial charge in [-0.1, -0.05) is 0 Å². The number of nitrogens with one attached hydrogen (secondary N) is 2. The molecule has 0 bridgehead atoms. The fourth-order valence-electron chi connectivity index (χ4n) is 4.51. The first-order valence-electron chi connectivity index (χ1n) is 11.6. The molecule has 0 unspecified atom stereocenters. The molecule has 0 atom stereocenters. The number of hydrogen-bond acceptors (Lipinski definition) is 7. The number of aryl methyl sites for hydroxylation is 1. The smallest absolute Gasteiger partial charge is 0.426 e. The van der Waals surface area contributed by atoms with Gasteiger partial charge in [-0.3, -0.25) is 10.00 Å². The number of amides is 1. The summed E-state index contributed by atoms with van der Waals surface area (Å²) in [5, 5.41) is 22.7. The molecule has 3 aromatic rings. The van der Waals surface area contributed by atoms with E-state index >= 15 is 0 Å². The molecule has 3 N–H and O–H groups in total. The van der Waals surface area contributed by atoms with Gasteiger partial charge in [-0.05, 0) is 77.4 Å². The van der Waals surface area contributed by atoms with Crippen LogP contribution in [0.25, 0.3) is 22.3 Å². The lowest BCUT2D eigenvalue weighted by atomic mass is 9.90. The number of phenols is 1. The summed E-state index contributed by atoms with van der Waals surface area (Å²) < 4.78 is 0. The Kier molecular flexibility index (Phi) is 6.26. The van der Waals surface area contributed by atoms with Crippen molar-refractivity contribution in [3.8, 4) is 17.0 Å². The van der Waals surface area contributed by atoms with Crippen molar-refractivity contribution in [1.82, 2.24) is 30.5 Å². The Hall–Kier alpha value is -3.17. The minimum atomic E-state index is -0.428. The molecular formula is C25H34N6O3. The summed E-state index contributed by atoms with van der Waals surface area (Å²) >= 11 is 0. The normalized spacial score (nSPS) is 18.2. The molecular weight excluding hydrogens is 432 g/mol. The second-order valence-corrected chi connectivity index (χ2v) is 10.2. The highest BCUT2D eigenvalue weighted by Crippen LogP contribution is 2.34. The molecule has 1 aromatic carbocycles. The third kappa shape index (κ3) is 4.71. The van der Waals surface area contributed by atoms with Crippen LogP contribution < -0.4 is 5.32 Å². The highest BCUT2D eigenvalue weighted by molar-refractivity contribution is 5.84. The molecule has 9 heteroatoms. The number of pyridine rings is 1. The van der Waals surface area contributed by atoms with Crippen LogP contribution in [0.3, 0.4) is 0 Å². The van der Waals surface area contributed by atoms with E-state index in [1.165, 1.54) is 0 Å². The quantitative estimate of drug-likeness (QED) is 0.522. The highest BCUT2D eigenvalue weighted by atomic mass is 16.7. The van der Waals surface area contributed by atoms with E-state index in [9.17, 15) is 9.90 Å². The van der Waals surface area contributed by atoms with E-state index < -0.39 is 6.09 Å². The van der Waals surface area contributed by atoms with Gasteiger partial charge in [0.25, 0.3) is 0 Å². The van der Waals surface area contributed by atoms with Gasteiger partial charge >= 0.3 is 6.09 Å². The number of carbonyl (C=O) groups is 1. The Labute approximate surface area is 200 Å². The van der Waals surface area contributed by atoms with Crippen LogP contribution >= 0.6 is 0 Å². The lowest BCUT2D eigenvalue weighted by molar-refractivity contribution is -0.219. The molecule has 9 nitrogen and oxygen atoms in total. The predicted octanol–water partition coefficient (Wildman–Crippen LogP) is 3.97. The fraction of sp³-hybridized carbons (Fsp3) is 0.480. The number of H-pyrrole nitrogens is 1. The van der Waals surface area contributed by atoms with Gasteiger partial charge in [0.15, 0.2) is 5.65 Å². The molecule has 182 valence electrons. The maximum atomic E-state index is 12.1. The van der Waals surface area contributed by atoms with Crippen LogP contribution in [0.4, 0.5) is 4.79 Å². The van der Waals surface area contributed by atoms with Crippen LogP contribution in [0.5, 0.6) is 5.75 Å². The summed E-state index contributed by atoms with van der Waals surface area (Å²) in [7, 11) is 0. The molecule has 4 rings (SSSR count). The summed E-state index contributed by atoms with van der Waals surface area (Å²) in [5.41, 5.74) is 3.89. The second-order valence-electron chi connectivity index (χ2n) is 10.2. The number of nitrogens with zero attached hydrogens (tertiary/aromatic N) is 4. The monoisotopic (exact) mass is 466 g/mol. The lowest BCUT2D eigenvalue weighted by Gasteiger charge is -2.53. The van der Waals surface area contributed by atoms with Gasteiger partial charge in [0.2, 0.25) is 0 Å². The van der Waals surface area contributed by atoms with Crippen molar-refractivity contribution in [2.45, 2.75) is 59.2 Å². The SMILES string of the molecule is CCNC(=O)ON1CC(C)(C)N(Cc2cc(-c3ccc(O)cc3)nc3[nH]nc(C)c23)CC1(C)C. The number of piperazine rings is 1. The molecule has 3 heterocycles. The van der Waals surface area contributed by atoms with Gasteiger partial charge in [0.05, 0.1) is 23.5 Å². The lowest BCUT2D eigenvalue weighted by Crippen LogP contribution is -2.67. The number of fused-ring (bicyclic) bond motifs is 1. The molecule has 1 aliphatic rings. The van der Waals surface area contributed by atoms with Crippen LogP contribution in [-0.2, 0) is 11.4 Å². The van der Waals surface area contributed by atoms with E-state index in [0.717, 1.165) is 33.5 Å². The van der Waals surface area contributed by atoms with Gasteiger partial charge in [-0.25, -0.2) is 9.78 Å². The van der Waals surface area contributed by atoms with E-state index in [2.05, 4.69) is 54.2 Å². The number of aromatic nitrogens is 3. The van der Waals surface area contributed by atoms with E-state index in [4.69, 9.17) is 9.82 Å². The summed E-state index contributed by atoms with van der Waals surface area (Å²) in [4.78, 5) is 25.0. The van der Waals surface area contributed by atoms with Crippen molar-refractivity contribution in [3.63, 3.8) is 0 Å². The maximum absolute atomic E-state index is 12.1. The topological polar surface area (TPSA) is 107 Å². The van der Waals surface area contributed by atoms with E-state index in [1.807, 2.05) is 26.0 Å². The molecule has 2 aromatic heterocycles. The van der Waals surface area contributed by atoms with E-state index in [1.54, 1.807) is 17.2 Å².